The van der Waals surface area contributed by atoms with Crippen molar-refractivity contribution in [3.05, 3.63) is 96.6 Å². The van der Waals surface area contributed by atoms with Crippen LogP contribution in [0.1, 0.15) is 26.3 Å². The fourth-order valence-corrected chi connectivity index (χ4v) is 5.52. The van der Waals surface area contributed by atoms with Crippen LogP contribution in [0.5, 0.6) is 0 Å². The summed E-state index contributed by atoms with van der Waals surface area (Å²) in [5, 5.41) is 6.35. The summed E-state index contributed by atoms with van der Waals surface area (Å²) in [7, 11) is 0. The highest BCUT2D eigenvalue weighted by Gasteiger charge is 2.22. The van der Waals surface area contributed by atoms with Gasteiger partial charge in [-0.3, -0.25) is 0 Å². The number of pyridine rings is 1. The van der Waals surface area contributed by atoms with Gasteiger partial charge in [-0.15, -0.1) is 0 Å². The molecule has 3 heterocycles. The predicted molar refractivity (Wildman–Crippen MR) is 141 cm³/mol. The van der Waals surface area contributed by atoms with E-state index in [1.807, 2.05) is 0 Å². The summed E-state index contributed by atoms with van der Waals surface area (Å²) in [4.78, 5) is 5.29. The minimum absolute atomic E-state index is 0.0408. The Labute approximate surface area is 192 Å². The molecule has 0 amide bonds. The van der Waals surface area contributed by atoms with Crippen LogP contribution in [0.2, 0.25) is 0 Å². The van der Waals surface area contributed by atoms with Crippen LogP contribution in [0, 0.1) is 0 Å². The first-order valence-corrected chi connectivity index (χ1v) is 11.6. The lowest BCUT2D eigenvalue weighted by molar-refractivity contribution is 0.596. The van der Waals surface area contributed by atoms with Crippen molar-refractivity contribution in [2.24, 2.45) is 0 Å². The number of rotatable bonds is 1. The standard InChI is InChI=1S/C31H24N2/c1-31(2,3)25-17-20(16-19-10-4-5-11-21(19)25)26-18-24-22-12-6-8-14-27(22)33-28-15-9-7-13-23(28)29(32-26)30(24)33/h4-18H,1-3H3. The topological polar surface area (TPSA) is 17.3 Å². The number of fused-ring (bicyclic) bond motifs is 7. The van der Waals surface area contributed by atoms with E-state index in [9.17, 15) is 0 Å². The van der Waals surface area contributed by atoms with Gasteiger partial charge in [-0.1, -0.05) is 81.4 Å². The quantitative estimate of drug-likeness (QED) is 0.259. The van der Waals surface area contributed by atoms with Gasteiger partial charge in [-0.05, 0) is 52.1 Å². The lowest BCUT2D eigenvalue weighted by atomic mass is 9.82. The van der Waals surface area contributed by atoms with Crippen molar-refractivity contribution in [1.82, 2.24) is 9.38 Å². The van der Waals surface area contributed by atoms with Gasteiger partial charge in [0.1, 0.15) is 0 Å². The van der Waals surface area contributed by atoms with Gasteiger partial charge in [-0.25, -0.2) is 4.98 Å². The summed E-state index contributed by atoms with van der Waals surface area (Å²) >= 11 is 0. The minimum atomic E-state index is 0.0408. The summed E-state index contributed by atoms with van der Waals surface area (Å²) in [6.45, 7) is 6.87. The summed E-state index contributed by atoms with van der Waals surface area (Å²) in [6, 6.07) is 33.0. The van der Waals surface area contributed by atoms with Crippen LogP contribution in [-0.2, 0) is 5.41 Å². The number of hydrogen-bond acceptors (Lipinski definition) is 1. The van der Waals surface area contributed by atoms with E-state index in [2.05, 4.69) is 116 Å². The largest absolute Gasteiger partial charge is 0.306 e. The van der Waals surface area contributed by atoms with Crippen LogP contribution >= 0.6 is 0 Å². The molecule has 7 rings (SSSR count). The molecule has 0 aliphatic heterocycles. The average molecular weight is 425 g/mol. The molecule has 0 bridgehead atoms. The molecular formula is C31H24N2. The zero-order chi connectivity index (χ0) is 22.3. The van der Waals surface area contributed by atoms with Crippen LogP contribution in [-0.4, -0.2) is 9.38 Å². The highest BCUT2D eigenvalue weighted by Crippen LogP contribution is 2.41. The summed E-state index contributed by atoms with van der Waals surface area (Å²) in [5.41, 5.74) is 8.38. The molecule has 7 aromatic rings. The Morgan fingerprint density at radius 1 is 0.636 bits per heavy atom. The van der Waals surface area contributed by atoms with Crippen LogP contribution in [0.15, 0.2) is 91.0 Å². The molecule has 0 unspecified atom stereocenters. The highest BCUT2D eigenvalue weighted by molar-refractivity contribution is 6.22. The fourth-order valence-electron chi connectivity index (χ4n) is 5.52. The summed E-state index contributed by atoms with van der Waals surface area (Å²) in [5.74, 6) is 0. The van der Waals surface area contributed by atoms with Crippen molar-refractivity contribution < 1.29 is 0 Å². The number of hydrogen-bond donors (Lipinski definition) is 0. The van der Waals surface area contributed by atoms with Gasteiger partial charge in [0.25, 0.3) is 0 Å². The Hall–Kier alpha value is -3.91. The van der Waals surface area contributed by atoms with Crippen molar-refractivity contribution in [2.45, 2.75) is 26.2 Å². The zero-order valence-electron chi connectivity index (χ0n) is 19.1. The molecule has 33 heavy (non-hydrogen) atoms. The van der Waals surface area contributed by atoms with Crippen LogP contribution in [0.25, 0.3) is 60.3 Å². The predicted octanol–water partition coefficient (Wildman–Crippen LogP) is 8.35. The van der Waals surface area contributed by atoms with Gasteiger partial charge in [0.15, 0.2) is 0 Å². The second-order valence-corrected chi connectivity index (χ2v) is 10.1. The lowest BCUT2D eigenvalue weighted by Crippen LogP contribution is -2.12. The molecule has 2 heteroatoms. The zero-order valence-corrected chi connectivity index (χ0v) is 19.1. The lowest BCUT2D eigenvalue weighted by Gasteiger charge is -2.22. The smallest absolute Gasteiger partial charge is 0.0977 e. The molecule has 0 fully saturated rings. The summed E-state index contributed by atoms with van der Waals surface area (Å²) < 4.78 is 2.38. The molecule has 158 valence electrons. The van der Waals surface area contributed by atoms with Gasteiger partial charge in [0.2, 0.25) is 0 Å². The number of para-hydroxylation sites is 2. The minimum Gasteiger partial charge on any atom is -0.306 e. The molecule has 0 aliphatic carbocycles. The number of aromatic nitrogens is 2. The molecule has 3 aromatic heterocycles. The van der Waals surface area contributed by atoms with Crippen molar-refractivity contribution in [1.29, 1.82) is 0 Å². The third-order valence-corrected chi connectivity index (χ3v) is 7.02. The molecule has 0 aliphatic rings. The van der Waals surface area contributed by atoms with E-state index in [4.69, 9.17) is 4.98 Å². The van der Waals surface area contributed by atoms with E-state index in [-0.39, 0.29) is 5.41 Å². The van der Waals surface area contributed by atoms with E-state index in [1.54, 1.807) is 0 Å². The molecule has 4 aromatic carbocycles. The second kappa shape index (κ2) is 6.32. The van der Waals surface area contributed by atoms with E-state index >= 15 is 0 Å². The number of benzene rings is 4. The monoisotopic (exact) mass is 424 g/mol. The molecule has 0 spiro atoms. The Morgan fingerprint density at radius 3 is 2.03 bits per heavy atom. The van der Waals surface area contributed by atoms with Gasteiger partial charge in [0.05, 0.1) is 27.8 Å². The number of nitrogens with zero attached hydrogens (tertiary/aromatic N) is 2. The Morgan fingerprint density at radius 2 is 1.27 bits per heavy atom. The fraction of sp³-hybridized carbons (Fsp3) is 0.129. The van der Waals surface area contributed by atoms with Crippen LogP contribution in [0.4, 0.5) is 0 Å². The first kappa shape index (κ1) is 18.6. The first-order chi connectivity index (χ1) is 16.0. The maximum atomic E-state index is 5.29. The van der Waals surface area contributed by atoms with Crippen molar-refractivity contribution in [3.8, 4) is 11.3 Å². The van der Waals surface area contributed by atoms with Crippen molar-refractivity contribution in [2.75, 3.05) is 0 Å². The van der Waals surface area contributed by atoms with E-state index in [0.717, 1.165) is 11.2 Å². The molecule has 0 N–H and O–H groups in total. The SMILES string of the molecule is CC(C)(C)c1cc(-c2cc3c4ccccc4n4c5ccccc5c(n2)c34)cc2ccccc12. The molecule has 0 saturated heterocycles. The molecule has 0 radical (unpaired) electrons. The van der Waals surface area contributed by atoms with E-state index in [1.165, 1.54) is 54.6 Å². The van der Waals surface area contributed by atoms with Gasteiger partial charge in [0, 0.05) is 21.7 Å². The van der Waals surface area contributed by atoms with Gasteiger partial charge >= 0.3 is 0 Å². The third-order valence-electron chi connectivity index (χ3n) is 7.02. The highest BCUT2D eigenvalue weighted by atomic mass is 14.9. The Bertz CT molecular complexity index is 1760. The molecule has 0 saturated carbocycles. The van der Waals surface area contributed by atoms with Crippen LogP contribution < -0.4 is 0 Å². The third kappa shape index (κ3) is 2.52. The van der Waals surface area contributed by atoms with Crippen molar-refractivity contribution >= 4 is 49.0 Å². The molecule has 2 nitrogen and oxygen atoms in total. The maximum absolute atomic E-state index is 5.29. The van der Waals surface area contributed by atoms with E-state index in [0.29, 0.717) is 0 Å². The van der Waals surface area contributed by atoms with Gasteiger partial charge in [-0.2, -0.15) is 0 Å². The second-order valence-electron chi connectivity index (χ2n) is 10.1. The van der Waals surface area contributed by atoms with Gasteiger partial charge < -0.3 is 4.40 Å². The van der Waals surface area contributed by atoms with E-state index < -0.39 is 0 Å². The Kier molecular flexibility index (Phi) is 3.57. The first-order valence-electron chi connectivity index (χ1n) is 11.6. The van der Waals surface area contributed by atoms with Crippen LogP contribution in [0.3, 0.4) is 0 Å². The normalized spacial score (nSPS) is 12.7. The van der Waals surface area contributed by atoms with Crippen molar-refractivity contribution in [3.63, 3.8) is 0 Å². The maximum Gasteiger partial charge on any atom is 0.0977 e. The molecular weight excluding hydrogens is 400 g/mol. The Balaban J connectivity index is 1.65. The average Bonchev–Trinajstić information content (AvgIpc) is 3.34. The summed E-state index contributed by atoms with van der Waals surface area (Å²) in [6.07, 6.45) is 0. The molecule has 0 atom stereocenters.